The number of rotatable bonds is 2. The molecule has 4 heteroatoms. The average Bonchev–Trinajstić information content (AvgIpc) is 2.85. The first kappa shape index (κ1) is 13.7. The van der Waals surface area contributed by atoms with Crippen molar-refractivity contribution in [3.05, 3.63) is 52.0 Å². The van der Waals surface area contributed by atoms with Gasteiger partial charge in [0.2, 0.25) is 0 Å². The minimum Gasteiger partial charge on any atom is -0.488 e. The molecular formula is C16H15Cl2NO. The summed E-state index contributed by atoms with van der Waals surface area (Å²) in [5, 5.41) is 1.32. The lowest BCUT2D eigenvalue weighted by molar-refractivity contribution is 0.207. The number of hydrogen-bond donors (Lipinski definition) is 1. The molecule has 2 aromatic carbocycles. The highest BCUT2D eigenvalue weighted by Crippen LogP contribution is 2.42. The van der Waals surface area contributed by atoms with Crippen molar-refractivity contribution in [1.82, 2.24) is 0 Å². The molecule has 1 aliphatic rings. The first-order valence-electron chi connectivity index (χ1n) is 6.56. The van der Waals surface area contributed by atoms with Crippen LogP contribution in [0.3, 0.4) is 0 Å². The van der Waals surface area contributed by atoms with Gasteiger partial charge >= 0.3 is 0 Å². The van der Waals surface area contributed by atoms with Crippen LogP contribution >= 0.6 is 23.2 Å². The molecule has 0 radical (unpaired) electrons. The minimum atomic E-state index is -0.00918. The molecule has 2 aromatic rings. The third kappa shape index (κ3) is 2.39. The van der Waals surface area contributed by atoms with Gasteiger partial charge in [-0.3, -0.25) is 0 Å². The molecule has 1 aliphatic heterocycles. The van der Waals surface area contributed by atoms with Crippen LogP contribution in [0.25, 0.3) is 11.1 Å². The highest BCUT2D eigenvalue weighted by molar-refractivity contribution is 6.35. The zero-order chi connectivity index (χ0) is 14.3. The second-order valence-corrected chi connectivity index (χ2v) is 5.98. The summed E-state index contributed by atoms with van der Waals surface area (Å²) in [5.41, 5.74) is 8.98. The van der Waals surface area contributed by atoms with E-state index in [-0.39, 0.29) is 12.1 Å². The largest absolute Gasteiger partial charge is 0.488 e. The van der Waals surface area contributed by atoms with Gasteiger partial charge in [-0.1, -0.05) is 41.4 Å². The molecule has 20 heavy (non-hydrogen) atoms. The van der Waals surface area contributed by atoms with E-state index in [0.29, 0.717) is 10.0 Å². The van der Waals surface area contributed by atoms with Crippen molar-refractivity contribution in [2.45, 2.75) is 25.5 Å². The van der Waals surface area contributed by atoms with Gasteiger partial charge in [-0.25, -0.2) is 0 Å². The molecular weight excluding hydrogens is 293 g/mol. The number of benzene rings is 2. The Hall–Kier alpha value is -1.22. The Bertz CT molecular complexity index is 655. The monoisotopic (exact) mass is 307 g/mol. The minimum absolute atomic E-state index is 0.00918. The molecule has 0 spiro atoms. The van der Waals surface area contributed by atoms with Gasteiger partial charge < -0.3 is 10.5 Å². The average molecular weight is 308 g/mol. The first-order chi connectivity index (χ1) is 9.56. The van der Waals surface area contributed by atoms with Gasteiger partial charge in [0.15, 0.2) is 0 Å². The predicted octanol–water partition coefficient (Wildman–Crippen LogP) is 4.31. The summed E-state index contributed by atoms with van der Waals surface area (Å²) in [4.78, 5) is 0. The highest BCUT2D eigenvalue weighted by Gasteiger charge is 2.28. The van der Waals surface area contributed by atoms with E-state index in [9.17, 15) is 0 Å². The lowest BCUT2D eigenvalue weighted by Crippen LogP contribution is -2.34. The summed E-state index contributed by atoms with van der Waals surface area (Å²) in [6.07, 6.45) is 0.850. The summed E-state index contributed by atoms with van der Waals surface area (Å²) in [5.74, 6) is 0.874. The zero-order valence-electron chi connectivity index (χ0n) is 11.1. The van der Waals surface area contributed by atoms with Crippen molar-refractivity contribution in [3.8, 4) is 16.9 Å². The summed E-state index contributed by atoms with van der Waals surface area (Å²) in [6, 6.07) is 11.5. The third-order valence-electron chi connectivity index (χ3n) is 3.59. The van der Waals surface area contributed by atoms with E-state index in [4.69, 9.17) is 33.7 Å². The molecule has 2 nitrogen and oxygen atoms in total. The fourth-order valence-corrected chi connectivity index (χ4v) is 2.90. The molecule has 104 valence electrons. The Kier molecular flexibility index (Phi) is 3.63. The quantitative estimate of drug-likeness (QED) is 0.897. The molecule has 0 fully saturated rings. The summed E-state index contributed by atoms with van der Waals surface area (Å²) < 4.78 is 6.02. The van der Waals surface area contributed by atoms with E-state index in [0.717, 1.165) is 23.3 Å². The van der Waals surface area contributed by atoms with Crippen LogP contribution in [0.5, 0.6) is 5.75 Å². The van der Waals surface area contributed by atoms with Crippen LogP contribution in [-0.4, -0.2) is 12.1 Å². The van der Waals surface area contributed by atoms with Crippen molar-refractivity contribution in [2.75, 3.05) is 0 Å². The van der Waals surface area contributed by atoms with E-state index < -0.39 is 0 Å². The molecule has 0 saturated heterocycles. The van der Waals surface area contributed by atoms with Crippen LogP contribution in [0.4, 0.5) is 0 Å². The maximum atomic E-state index is 6.29. The second-order valence-electron chi connectivity index (χ2n) is 5.14. The molecule has 3 rings (SSSR count). The van der Waals surface area contributed by atoms with Crippen LogP contribution < -0.4 is 10.5 Å². The lowest BCUT2D eigenvalue weighted by Gasteiger charge is -2.16. The lowest BCUT2D eigenvalue weighted by atomic mass is 10.00. The fraction of sp³-hybridized carbons (Fsp3) is 0.250. The summed E-state index contributed by atoms with van der Waals surface area (Å²) in [7, 11) is 0. The number of nitrogens with two attached hydrogens (primary N) is 1. The normalized spacial score (nSPS) is 18.5. The van der Waals surface area contributed by atoms with E-state index in [1.165, 1.54) is 5.56 Å². The molecule has 2 atom stereocenters. The number of ether oxygens (including phenoxy) is 1. The predicted molar refractivity (Wildman–Crippen MR) is 83.7 cm³/mol. The second kappa shape index (κ2) is 5.28. The van der Waals surface area contributed by atoms with Crippen molar-refractivity contribution < 1.29 is 4.74 Å². The molecule has 2 unspecified atom stereocenters. The SMILES string of the molecule is CC(N)C1Cc2cccc(-c3cc(Cl)ccc3Cl)c2O1. The molecule has 0 bridgehead atoms. The molecule has 0 aliphatic carbocycles. The summed E-state index contributed by atoms with van der Waals surface area (Å²) >= 11 is 12.4. The smallest absolute Gasteiger partial charge is 0.131 e. The molecule has 0 saturated carbocycles. The first-order valence-corrected chi connectivity index (χ1v) is 7.31. The van der Waals surface area contributed by atoms with E-state index in [1.807, 2.05) is 25.1 Å². The van der Waals surface area contributed by atoms with Crippen molar-refractivity contribution in [2.24, 2.45) is 5.73 Å². The molecule has 0 aromatic heterocycles. The van der Waals surface area contributed by atoms with E-state index in [1.54, 1.807) is 12.1 Å². The van der Waals surface area contributed by atoms with Crippen molar-refractivity contribution in [1.29, 1.82) is 0 Å². The number of fused-ring (bicyclic) bond motifs is 1. The van der Waals surface area contributed by atoms with Gasteiger partial charge in [0.25, 0.3) is 0 Å². The molecule has 2 N–H and O–H groups in total. The van der Waals surface area contributed by atoms with Crippen molar-refractivity contribution >= 4 is 23.2 Å². The molecule has 0 amide bonds. The number of halogens is 2. The summed E-state index contributed by atoms with van der Waals surface area (Å²) in [6.45, 7) is 1.96. The van der Waals surface area contributed by atoms with Crippen LogP contribution in [0, 0.1) is 0 Å². The maximum Gasteiger partial charge on any atom is 0.131 e. The fourth-order valence-electron chi connectivity index (χ4n) is 2.50. The Balaban J connectivity index is 2.10. The Morgan fingerprint density at radius 1 is 1.20 bits per heavy atom. The van der Waals surface area contributed by atoms with Crippen LogP contribution in [0.1, 0.15) is 12.5 Å². The number of hydrogen-bond acceptors (Lipinski definition) is 2. The number of para-hydroxylation sites is 1. The van der Waals surface area contributed by atoms with Crippen LogP contribution in [0.2, 0.25) is 10.0 Å². The van der Waals surface area contributed by atoms with Crippen LogP contribution in [-0.2, 0) is 6.42 Å². The van der Waals surface area contributed by atoms with E-state index in [2.05, 4.69) is 6.07 Å². The maximum absolute atomic E-state index is 6.29. The van der Waals surface area contributed by atoms with Gasteiger partial charge in [-0.05, 0) is 30.7 Å². The van der Waals surface area contributed by atoms with Crippen molar-refractivity contribution in [3.63, 3.8) is 0 Å². The van der Waals surface area contributed by atoms with Gasteiger partial charge in [0.1, 0.15) is 11.9 Å². The third-order valence-corrected chi connectivity index (χ3v) is 4.16. The molecule has 1 heterocycles. The highest BCUT2D eigenvalue weighted by atomic mass is 35.5. The van der Waals surface area contributed by atoms with Crippen LogP contribution in [0.15, 0.2) is 36.4 Å². The Labute approximate surface area is 128 Å². The topological polar surface area (TPSA) is 35.2 Å². The zero-order valence-corrected chi connectivity index (χ0v) is 12.6. The van der Waals surface area contributed by atoms with Gasteiger partial charge in [-0.2, -0.15) is 0 Å². The van der Waals surface area contributed by atoms with Gasteiger partial charge in [-0.15, -0.1) is 0 Å². The Morgan fingerprint density at radius 3 is 2.75 bits per heavy atom. The van der Waals surface area contributed by atoms with Gasteiger partial charge in [0, 0.05) is 33.6 Å². The van der Waals surface area contributed by atoms with E-state index >= 15 is 0 Å². The van der Waals surface area contributed by atoms with Gasteiger partial charge in [0.05, 0.1) is 0 Å². The Morgan fingerprint density at radius 2 is 2.00 bits per heavy atom. The standard InChI is InChI=1S/C16H15Cl2NO/c1-9(19)15-7-10-3-2-4-12(16(10)20-15)13-8-11(17)5-6-14(13)18/h2-6,8-9,15H,7,19H2,1H3.